The van der Waals surface area contributed by atoms with E-state index in [0.29, 0.717) is 6.42 Å². The predicted octanol–water partition coefficient (Wildman–Crippen LogP) is 7.33. The van der Waals surface area contributed by atoms with Crippen molar-refractivity contribution in [2.24, 2.45) is 59.2 Å². The molecule has 25 heteroatoms. The number of amides is 8. The summed E-state index contributed by atoms with van der Waals surface area (Å²) >= 11 is 0. The van der Waals surface area contributed by atoms with Crippen molar-refractivity contribution in [1.29, 1.82) is 0 Å². The molecule has 8 amide bonds. The number of ether oxygens (including phenoxy) is 4. The first-order valence-corrected chi connectivity index (χ1v) is 35.0. The molecule has 0 saturated carbocycles. The van der Waals surface area contributed by atoms with Gasteiger partial charge in [0.15, 0.2) is 5.78 Å². The molecule has 0 saturated heterocycles. The summed E-state index contributed by atoms with van der Waals surface area (Å²) < 4.78 is 22.2. The Morgan fingerprint density at radius 3 is 1.46 bits per heavy atom. The maximum atomic E-state index is 15.3. The first-order chi connectivity index (χ1) is 45.1. The zero-order chi connectivity index (χ0) is 76.3. The van der Waals surface area contributed by atoms with Gasteiger partial charge in [0, 0.05) is 94.5 Å². The van der Waals surface area contributed by atoms with Crippen LogP contribution in [0.1, 0.15) is 197 Å². The van der Waals surface area contributed by atoms with Gasteiger partial charge in [0.25, 0.3) is 0 Å². The monoisotopic (exact) mass is 1390 g/mol. The maximum absolute atomic E-state index is 15.3. The van der Waals surface area contributed by atoms with Gasteiger partial charge in [-0.3, -0.25) is 57.5 Å². The molecule has 0 aromatic carbocycles. The molecule has 0 aromatic rings. The van der Waals surface area contributed by atoms with Crippen molar-refractivity contribution in [3.05, 3.63) is 12.2 Å². The SMILES string of the molecule is C/C=C/C[C@@H](C)[C@@H](OC(C)=O)[C@@H](C(=O)N[C@@H](CC)C(=O)OCCN(C)C(C)=O)N(C)C(=O)[C@H](C(C)C)N(C)C(=O)[C@H](CC(C)C)N(C)C(=O)[C@H](CC(C)C)N(C)C(=O)[C@@H](C)CC(=O)[C@H](C)CC(=O)[C@H](CC(C)C)N(C)C(=O)[C@@H](NC(=O)[C@@H](CC(=O)OC(C)(C)C)[C@H](C)COC)C(C)C. The van der Waals surface area contributed by atoms with Crippen molar-refractivity contribution in [2.45, 2.75) is 251 Å². The summed E-state index contributed by atoms with van der Waals surface area (Å²) in [4.78, 5) is 191. The number of rotatable bonds is 43. The van der Waals surface area contributed by atoms with Gasteiger partial charge in [-0.1, -0.05) is 116 Å². The second kappa shape index (κ2) is 43.0. The number of esters is 3. The smallest absolute Gasteiger partial charge is 0.328 e. The number of carbonyl (C=O) groups excluding carboxylic acids is 13. The molecule has 0 spiro atoms. The van der Waals surface area contributed by atoms with E-state index in [9.17, 15) is 47.9 Å². The van der Waals surface area contributed by atoms with E-state index in [0.717, 1.165) is 4.90 Å². The van der Waals surface area contributed by atoms with Crippen molar-refractivity contribution in [3.8, 4) is 0 Å². The average molecular weight is 1390 g/mol. The van der Waals surface area contributed by atoms with Crippen molar-refractivity contribution in [3.63, 3.8) is 0 Å². The second-order valence-corrected chi connectivity index (χ2v) is 30.0. The van der Waals surface area contributed by atoms with E-state index < -0.39 is 166 Å². The number of allylic oxidation sites excluding steroid dienone is 2. The van der Waals surface area contributed by atoms with Gasteiger partial charge in [-0.2, -0.15) is 0 Å². The van der Waals surface area contributed by atoms with Gasteiger partial charge >= 0.3 is 17.9 Å². The normalized spacial score (nSPS) is 15.8. The third-order valence-corrected chi connectivity index (χ3v) is 17.8. The van der Waals surface area contributed by atoms with E-state index in [1.807, 2.05) is 47.6 Å². The molecule has 0 bridgehead atoms. The van der Waals surface area contributed by atoms with E-state index in [-0.39, 0.29) is 88.4 Å². The summed E-state index contributed by atoms with van der Waals surface area (Å²) in [6, 6.07) is -8.46. The minimum Gasteiger partial charge on any atom is -0.462 e. The van der Waals surface area contributed by atoms with Crippen molar-refractivity contribution < 1.29 is 81.3 Å². The van der Waals surface area contributed by atoms with E-state index in [4.69, 9.17) is 18.9 Å². The lowest BCUT2D eigenvalue weighted by Gasteiger charge is -2.42. The standard InChI is InChI=1S/C73H128N8O17/c1-29-31-32-47(13)64(97-52(18)83)63(66(88)74-54(30-2)72(94)96-34-33-76(22)51(17)82)81(27)71(93)62(46(11)12)80(26)69(91)57(37-44(7)8)79(25)68(90)56(36-43(5)6)78(24)67(89)49(15)39-58(84)48(14)38-59(85)55(35-42(3)4)77(23)70(92)61(45(9)10)75-65(87)53(50(16)41-95-28)40-60(86)98-73(19,20)21/h29,31,42-50,53-57,61-64H,30,32-41H2,1-28H3,(H,74,88)(H,75,87)/b31-29+/t47-,48-,49+,50-,53+,54+,55+,56+,57+,61+,62+,63+,64-/m1/s1. The minimum atomic E-state index is -1.56. The van der Waals surface area contributed by atoms with Crippen molar-refractivity contribution in [1.82, 2.24) is 40.0 Å². The van der Waals surface area contributed by atoms with Crippen LogP contribution in [0.15, 0.2) is 12.2 Å². The topological polar surface area (TPSA) is 302 Å². The van der Waals surface area contributed by atoms with Gasteiger partial charge in [-0.25, -0.2) is 4.79 Å². The number of methoxy groups -OCH3 is 1. The highest BCUT2D eigenvalue weighted by Crippen LogP contribution is 2.29. The minimum absolute atomic E-state index is 0.0685. The van der Waals surface area contributed by atoms with Crippen LogP contribution in [0.25, 0.3) is 0 Å². The van der Waals surface area contributed by atoms with Crippen LogP contribution in [-0.4, -0.2) is 229 Å². The summed E-state index contributed by atoms with van der Waals surface area (Å²) in [5.74, 6) is -12.8. The molecule has 98 heavy (non-hydrogen) atoms. The average Bonchev–Trinajstić information content (AvgIpc) is 0.801. The zero-order valence-corrected chi connectivity index (χ0v) is 64.9. The van der Waals surface area contributed by atoms with E-state index in [1.165, 1.54) is 80.7 Å². The molecule has 2 N–H and O–H groups in total. The summed E-state index contributed by atoms with van der Waals surface area (Å²) in [6.07, 6.45) is 2.43. The Hall–Kier alpha value is -6.79. The fraction of sp³-hybridized carbons (Fsp3) is 0.795. The third-order valence-electron chi connectivity index (χ3n) is 17.8. The van der Waals surface area contributed by atoms with E-state index in [1.54, 1.807) is 103 Å². The Bertz CT molecular complexity index is 2690. The van der Waals surface area contributed by atoms with Crippen molar-refractivity contribution in [2.75, 3.05) is 69.2 Å². The number of hydrogen-bond acceptors (Lipinski definition) is 17. The van der Waals surface area contributed by atoms with Crippen LogP contribution in [0.5, 0.6) is 0 Å². The van der Waals surface area contributed by atoms with Crippen molar-refractivity contribution >= 4 is 76.7 Å². The molecule has 562 valence electrons. The van der Waals surface area contributed by atoms with Gasteiger partial charge in [0.05, 0.1) is 24.9 Å². The number of ketones is 2. The molecule has 0 aromatic heterocycles. The molecule has 0 heterocycles. The highest BCUT2D eigenvalue weighted by molar-refractivity contribution is 5.99. The Balaban J connectivity index is 7.16. The molecule has 0 rings (SSSR count). The largest absolute Gasteiger partial charge is 0.462 e. The molecular formula is C73H128N8O17. The molecule has 0 radical (unpaired) electrons. The fourth-order valence-electron chi connectivity index (χ4n) is 11.8. The van der Waals surface area contributed by atoms with Crippen LogP contribution in [0.3, 0.4) is 0 Å². The number of hydrogen-bond donors (Lipinski definition) is 2. The highest BCUT2D eigenvalue weighted by atomic mass is 16.6. The number of Topliss-reactive ketones (excluding diaryl/α,β-unsaturated/α-hetero) is 2. The lowest BCUT2D eigenvalue weighted by Crippen LogP contribution is -2.63. The summed E-state index contributed by atoms with van der Waals surface area (Å²) in [7, 11) is 10.3. The molecular weight excluding hydrogens is 1260 g/mol. The zero-order valence-electron chi connectivity index (χ0n) is 64.9. The summed E-state index contributed by atoms with van der Waals surface area (Å²) in [5, 5.41) is 5.58. The first-order valence-electron chi connectivity index (χ1n) is 35.0. The Kier molecular flexibility index (Phi) is 40.0. The van der Waals surface area contributed by atoms with Gasteiger partial charge < -0.3 is 59.0 Å². The van der Waals surface area contributed by atoms with Crippen LogP contribution in [0, 0.1) is 59.2 Å². The molecule has 0 aliphatic heterocycles. The highest BCUT2D eigenvalue weighted by Gasteiger charge is 2.47. The fourth-order valence-corrected chi connectivity index (χ4v) is 11.8. The number of likely N-dealkylation sites (N-methyl/N-ethyl adjacent to an activating group) is 6. The molecule has 13 atom stereocenters. The first kappa shape index (κ1) is 91.2. The predicted molar refractivity (Wildman–Crippen MR) is 376 cm³/mol. The van der Waals surface area contributed by atoms with E-state index >= 15 is 14.4 Å². The van der Waals surface area contributed by atoms with Gasteiger partial charge in [-0.05, 0) is 101 Å². The van der Waals surface area contributed by atoms with E-state index in [2.05, 4.69) is 10.6 Å². The number of carbonyl (C=O) groups is 13. The van der Waals surface area contributed by atoms with Crippen LogP contribution < -0.4 is 10.6 Å². The van der Waals surface area contributed by atoms with Gasteiger partial charge in [0.2, 0.25) is 47.3 Å². The molecule has 0 unspecified atom stereocenters. The van der Waals surface area contributed by atoms with Crippen LogP contribution in [0.4, 0.5) is 0 Å². The van der Waals surface area contributed by atoms with Crippen LogP contribution in [0.2, 0.25) is 0 Å². The third kappa shape index (κ3) is 29.6. The lowest BCUT2D eigenvalue weighted by molar-refractivity contribution is -0.164. The van der Waals surface area contributed by atoms with Crippen LogP contribution >= 0.6 is 0 Å². The van der Waals surface area contributed by atoms with Gasteiger partial charge in [-0.15, -0.1) is 0 Å². The van der Waals surface area contributed by atoms with Crippen LogP contribution in [-0.2, 0) is 81.3 Å². The van der Waals surface area contributed by atoms with Gasteiger partial charge in [0.1, 0.15) is 60.3 Å². The number of nitrogens with one attached hydrogen (secondary N) is 2. The summed E-state index contributed by atoms with van der Waals surface area (Å²) in [5.41, 5.74) is -0.797. The Labute approximate surface area is 587 Å². The Morgan fingerprint density at radius 2 is 1.01 bits per heavy atom. The maximum Gasteiger partial charge on any atom is 0.328 e. The number of nitrogens with zero attached hydrogens (tertiary/aromatic N) is 6. The molecule has 0 aliphatic carbocycles. The lowest BCUT2D eigenvalue weighted by atomic mass is 9.87. The quantitative estimate of drug-likeness (QED) is 0.0343. The molecule has 25 nitrogen and oxygen atoms in total. The molecule has 0 aliphatic rings. The summed E-state index contributed by atoms with van der Waals surface area (Å²) in [6.45, 7) is 36.2. The molecule has 0 fully saturated rings. The Morgan fingerprint density at radius 1 is 0.531 bits per heavy atom. The second-order valence-electron chi connectivity index (χ2n) is 30.0.